The Balaban J connectivity index is 2.13. The highest BCUT2D eigenvalue weighted by Crippen LogP contribution is 2.22. The lowest BCUT2D eigenvalue weighted by Gasteiger charge is -2.13. The minimum Gasteiger partial charge on any atom is -0.276 e. The van der Waals surface area contributed by atoms with Gasteiger partial charge in [0.25, 0.3) is 0 Å². The van der Waals surface area contributed by atoms with Gasteiger partial charge in [0.2, 0.25) is 0 Å². The zero-order chi connectivity index (χ0) is 12.3. The molecule has 1 unspecified atom stereocenters. The molecule has 0 bridgehead atoms. The fourth-order valence-corrected chi connectivity index (χ4v) is 2.15. The normalized spacial score (nSPS) is 12.6. The molecule has 0 N–H and O–H groups in total. The van der Waals surface area contributed by atoms with Crippen LogP contribution < -0.4 is 0 Å². The third-order valence-corrected chi connectivity index (χ3v) is 3.14. The fourth-order valence-electron chi connectivity index (χ4n) is 1.86. The van der Waals surface area contributed by atoms with Gasteiger partial charge in [0, 0.05) is 25.0 Å². The molecule has 2 nitrogen and oxygen atoms in total. The maximum Gasteiger partial charge on any atom is 0.123 e. The van der Waals surface area contributed by atoms with Gasteiger partial charge in [-0.1, -0.05) is 12.1 Å². The highest BCUT2D eigenvalue weighted by atomic mass is 35.5. The van der Waals surface area contributed by atoms with Crippen LogP contribution in [0.2, 0.25) is 0 Å². The first-order valence-electron chi connectivity index (χ1n) is 5.48. The van der Waals surface area contributed by atoms with Gasteiger partial charge in [-0.05, 0) is 29.7 Å². The number of halogens is 2. The molecule has 0 saturated carbocycles. The average molecular weight is 253 g/mol. The highest BCUT2D eigenvalue weighted by Gasteiger charge is 2.12. The van der Waals surface area contributed by atoms with E-state index in [9.17, 15) is 4.39 Å². The number of hydrogen-bond donors (Lipinski definition) is 0. The summed E-state index contributed by atoms with van der Waals surface area (Å²) in [4.78, 5) is 0. The summed E-state index contributed by atoms with van der Waals surface area (Å²) >= 11 is 5.98. The molecule has 0 aliphatic carbocycles. The highest BCUT2D eigenvalue weighted by molar-refractivity contribution is 6.18. The zero-order valence-corrected chi connectivity index (χ0v) is 10.4. The van der Waals surface area contributed by atoms with Crippen LogP contribution in [0, 0.1) is 5.82 Å². The van der Waals surface area contributed by atoms with Crippen LogP contribution in [0.1, 0.15) is 17.0 Å². The van der Waals surface area contributed by atoms with Crippen molar-refractivity contribution >= 4 is 11.6 Å². The standard InChI is InChI=1S/C13H14ClFN2/c1-17-9-10(8-16-17)6-12(7-14)11-2-4-13(15)5-3-11/h2-5,8-9,12H,6-7H2,1H3. The van der Waals surface area contributed by atoms with Gasteiger partial charge in [-0.2, -0.15) is 5.10 Å². The minimum atomic E-state index is -0.219. The molecule has 0 amide bonds. The summed E-state index contributed by atoms with van der Waals surface area (Å²) in [6.07, 6.45) is 4.63. The van der Waals surface area contributed by atoms with Crippen LogP contribution in [0.5, 0.6) is 0 Å². The van der Waals surface area contributed by atoms with E-state index < -0.39 is 0 Å². The van der Waals surface area contributed by atoms with Crippen molar-refractivity contribution in [3.63, 3.8) is 0 Å². The summed E-state index contributed by atoms with van der Waals surface area (Å²) in [7, 11) is 1.89. The molecule has 1 heterocycles. The Bertz CT molecular complexity index is 478. The molecule has 0 saturated heterocycles. The van der Waals surface area contributed by atoms with E-state index in [2.05, 4.69) is 5.10 Å². The first-order chi connectivity index (χ1) is 8.19. The fraction of sp³-hybridized carbons (Fsp3) is 0.308. The molecule has 0 aliphatic heterocycles. The van der Waals surface area contributed by atoms with E-state index in [1.165, 1.54) is 12.1 Å². The summed E-state index contributed by atoms with van der Waals surface area (Å²) in [5, 5.41) is 4.13. The number of nitrogens with zero attached hydrogens (tertiary/aromatic N) is 2. The van der Waals surface area contributed by atoms with Gasteiger partial charge >= 0.3 is 0 Å². The van der Waals surface area contributed by atoms with Crippen LogP contribution in [0.3, 0.4) is 0 Å². The Kier molecular flexibility index (Phi) is 3.79. The van der Waals surface area contributed by atoms with Crippen molar-refractivity contribution in [3.8, 4) is 0 Å². The van der Waals surface area contributed by atoms with Crippen molar-refractivity contribution in [2.75, 3.05) is 5.88 Å². The molecule has 90 valence electrons. The molecule has 0 fully saturated rings. The van der Waals surface area contributed by atoms with Crippen molar-refractivity contribution in [1.82, 2.24) is 9.78 Å². The third kappa shape index (κ3) is 3.07. The quantitative estimate of drug-likeness (QED) is 0.765. The van der Waals surface area contributed by atoms with E-state index in [1.807, 2.05) is 19.4 Å². The van der Waals surface area contributed by atoms with Gasteiger partial charge in [0.15, 0.2) is 0 Å². The van der Waals surface area contributed by atoms with Crippen LogP contribution in [0.25, 0.3) is 0 Å². The Morgan fingerprint density at radius 3 is 2.59 bits per heavy atom. The summed E-state index contributed by atoms with van der Waals surface area (Å²) in [5.41, 5.74) is 2.20. The molecular formula is C13H14ClFN2. The molecular weight excluding hydrogens is 239 g/mol. The Hall–Kier alpha value is -1.35. The predicted octanol–water partition coefficient (Wildman–Crippen LogP) is 3.12. The molecule has 1 atom stereocenters. The lowest BCUT2D eigenvalue weighted by atomic mass is 9.95. The van der Waals surface area contributed by atoms with Gasteiger partial charge in [0.05, 0.1) is 6.20 Å². The van der Waals surface area contributed by atoms with Gasteiger partial charge in [0.1, 0.15) is 5.82 Å². The van der Waals surface area contributed by atoms with E-state index in [4.69, 9.17) is 11.6 Å². The topological polar surface area (TPSA) is 17.8 Å². The van der Waals surface area contributed by atoms with Crippen LogP contribution >= 0.6 is 11.6 Å². The van der Waals surface area contributed by atoms with Crippen LogP contribution in [0.15, 0.2) is 36.7 Å². The summed E-state index contributed by atoms with van der Waals surface area (Å²) < 4.78 is 14.6. The molecule has 2 aromatic rings. The van der Waals surface area contributed by atoms with Crippen molar-refractivity contribution < 1.29 is 4.39 Å². The van der Waals surface area contributed by atoms with Gasteiger partial charge in [-0.25, -0.2) is 4.39 Å². The van der Waals surface area contributed by atoms with Gasteiger partial charge < -0.3 is 0 Å². The van der Waals surface area contributed by atoms with E-state index in [-0.39, 0.29) is 11.7 Å². The van der Waals surface area contributed by atoms with E-state index in [1.54, 1.807) is 16.8 Å². The summed E-state index contributed by atoms with van der Waals surface area (Å²) in [5.74, 6) is 0.491. The SMILES string of the molecule is Cn1cc(CC(CCl)c2ccc(F)cc2)cn1. The number of rotatable bonds is 4. The second-order valence-electron chi connectivity index (χ2n) is 4.13. The Labute approximate surface area is 105 Å². The van der Waals surface area contributed by atoms with E-state index >= 15 is 0 Å². The zero-order valence-electron chi connectivity index (χ0n) is 9.61. The number of alkyl halides is 1. The van der Waals surface area contributed by atoms with E-state index in [0.29, 0.717) is 5.88 Å². The molecule has 0 aliphatic rings. The summed E-state index contributed by atoms with van der Waals surface area (Å²) in [6, 6.07) is 6.52. The lowest BCUT2D eigenvalue weighted by molar-refractivity contribution is 0.625. The second kappa shape index (κ2) is 5.32. The van der Waals surface area contributed by atoms with Crippen molar-refractivity contribution in [2.24, 2.45) is 7.05 Å². The van der Waals surface area contributed by atoms with Crippen LogP contribution in [0.4, 0.5) is 4.39 Å². The van der Waals surface area contributed by atoms with Crippen molar-refractivity contribution in [3.05, 3.63) is 53.6 Å². The Morgan fingerprint density at radius 1 is 1.35 bits per heavy atom. The number of aryl methyl sites for hydroxylation is 1. The lowest BCUT2D eigenvalue weighted by Crippen LogP contribution is -2.04. The maximum atomic E-state index is 12.8. The average Bonchev–Trinajstić information content (AvgIpc) is 2.73. The minimum absolute atomic E-state index is 0.196. The maximum absolute atomic E-state index is 12.8. The monoisotopic (exact) mass is 252 g/mol. The summed E-state index contributed by atoms with van der Waals surface area (Å²) in [6.45, 7) is 0. The molecule has 2 rings (SSSR count). The van der Waals surface area contributed by atoms with Crippen LogP contribution in [-0.2, 0) is 13.5 Å². The molecule has 4 heteroatoms. The largest absolute Gasteiger partial charge is 0.276 e. The van der Waals surface area contributed by atoms with Gasteiger partial charge in [-0.3, -0.25) is 4.68 Å². The molecule has 1 aromatic carbocycles. The number of aromatic nitrogens is 2. The molecule has 1 aromatic heterocycles. The Morgan fingerprint density at radius 2 is 2.06 bits per heavy atom. The smallest absolute Gasteiger partial charge is 0.123 e. The molecule has 0 radical (unpaired) electrons. The van der Waals surface area contributed by atoms with E-state index in [0.717, 1.165) is 17.5 Å². The molecule has 0 spiro atoms. The van der Waals surface area contributed by atoms with Gasteiger partial charge in [-0.15, -0.1) is 11.6 Å². The third-order valence-electron chi connectivity index (χ3n) is 2.77. The molecule has 17 heavy (non-hydrogen) atoms. The number of benzene rings is 1. The van der Waals surface area contributed by atoms with Crippen molar-refractivity contribution in [2.45, 2.75) is 12.3 Å². The first-order valence-corrected chi connectivity index (χ1v) is 6.01. The predicted molar refractivity (Wildman–Crippen MR) is 66.8 cm³/mol. The van der Waals surface area contributed by atoms with Crippen molar-refractivity contribution in [1.29, 1.82) is 0 Å². The first kappa shape index (κ1) is 12.1. The number of hydrogen-bond acceptors (Lipinski definition) is 1. The second-order valence-corrected chi connectivity index (χ2v) is 4.44. The van der Waals surface area contributed by atoms with Crippen LogP contribution in [-0.4, -0.2) is 15.7 Å².